The fraction of sp³-hybridized carbons (Fsp3) is 0.444. The zero-order chi connectivity index (χ0) is 12.1. The summed E-state index contributed by atoms with van der Waals surface area (Å²) in [7, 11) is 0. The van der Waals surface area contributed by atoms with Gasteiger partial charge in [0.05, 0.1) is 18.4 Å². The third kappa shape index (κ3) is 3.06. The first-order valence-electron chi connectivity index (χ1n) is 4.84. The smallest absolute Gasteiger partial charge is 0.283 e. The summed E-state index contributed by atoms with van der Waals surface area (Å²) in [6.07, 6.45) is 2.32. The lowest BCUT2D eigenvalue weighted by atomic mass is 10.4. The van der Waals surface area contributed by atoms with Gasteiger partial charge in [-0.3, -0.25) is 9.59 Å². The quantitative estimate of drug-likeness (QED) is 0.816. The second-order valence-corrected chi connectivity index (χ2v) is 4.01. The van der Waals surface area contributed by atoms with Crippen molar-refractivity contribution in [1.82, 2.24) is 9.78 Å². The zero-order valence-electron chi connectivity index (χ0n) is 8.86. The van der Waals surface area contributed by atoms with Crippen molar-refractivity contribution in [2.45, 2.75) is 19.9 Å². The summed E-state index contributed by atoms with van der Waals surface area (Å²) in [5, 5.41) is 6.69. The van der Waals surface area contributed by atoms with E-state index in [2.05, 4.69) is 26.3 Å². The summed E-state index contributed by atoms with van der Waals surface area (Å²) in [5.74, 6) is -0.496. The number of anilines is 1. The van der Waals surface area contributed by atoms with Gasteiger partial charge in [0.25, 0.3) is 5.56 Å². The average molecular weight is 289 g/mol. The Kier molecular flexibility index (Phi) is 4.48. The molecule has 7 heteroatoms. The second-order valence-electron chi connectivity index (χ2n) is 3.22. The highest BCUT2D eigenvalue weighted by molar-refractivity contribution is 9.10. The molecule has 0 radical (unpaired) electrons. The number of nitrogens with zero attached hydrogens (tertiary/aromatic N) is 2. The van der Waals surface area contributed by atoms with Crippen LogP contribution in [0.15, 0.2) is 15.5 Å². The molecule has 1 rings (SSSR count). The lowest BCUT2D eigenvalue weighted by molar-refractivity contribution is -0.116. The molecule has 6 nitrogen and oxygen atoms in total. The van der Waals surface area contributed by atoms with Crippen molar-refractivity contribution in [3.8, 4) is 0 Å². The minimum atomic E-state index is -0.496. The Morgan fingerprint density at radius 2 is 2.38 bits per heavy atom. The number of primary amides is 1. The molecule has 3 N–H and O–H groups in total. The summed E-state index contributed by atoms with van der Waals surface area (Å²) in [4.78, 5) is 22.3. The van der Waals surface area contributed by atoms with Crippen molar-refractivity contribution in [1.29, 1.82) is 0 Å². The van der Waals surface area contributed by atoms with Crippen LogP contribution < -0.4 is 16.6 Å². The number of carbonyl (C=O) groups excluding carboxylic acids is 1. The summed E-state index contributed by atoms with van der Waals surface area (Å²) >= 11 is 3.16. The van der Waals surface area contributed by atoms with Gasteiger partial charge in [-0.1, -0.05) is 6.92 Å². The minimum Gasteiger partial charge on any atom is -0.374 e. The largest absolute Gasteiger partial charge is 0.374 e. The average Bonchev–Trinajstić information content (AvgIpc) is 2.24. The maximum absolute atomic E-state index is 11.7. The molecule has 0 bridgehead atoms. The molecule has 1 amide bonds. The van der Waals surface area contributed by atoms with Gasteiger partial charge >= 0.3 is 0 Å². The lowest BCUT2D eigenvalue weighted by Gasteiger charge is -2.08. The predicted molar refractivity (Wildman–Crippen MR) is 64.2 cm³/mol. The van der Waals surface area contributed by atoms with Crippen LogP contribution in [0.25, 0.3) is 0 Å². The molecule has 1 heterocycles. The van der Waals surface area contributed by atoms with Crippen LogP contribution in [0.2, 0.25) is 0 Å². The molecule has 0 aliphatic heterocycles. The number of aromatic nitrogens is 2. The number of hydrogen-bond donors (Lipinski definition) is 2. The van der Waals surface area contributed by atoms with E-state index >= 15 is 0 Å². The molecule has 0 aliphatic rings. The standard InChI is InChI=1S/C9H13BrN4O2/c1-2-3-14-9(16)8(10)6(4-13-14)12-5-7(11)15/h4,12H,2-3,5H2,1H3,(H2,11,15). The number of halogens is 1. The van der Waals surface area contributed by atoms with Crippen molar-refractivity contribution < 1.29 is 4.79 Å². The third-order valence-electron chi connectivity index (χ3n) is 1.87. The maximum Gasteiger partial charge on any atom is 0.283 e. The molecular weight excluding hydrogens is 276 g/mol. The maximum atomic E-state index is 11.7. The molecule has 1 aromatic rings. The molecule has 0 saturated heterocycles. The highest BCUT2D eigenvalue weighted by Crippen LogP contribution is 2.15. The Morgan fingerprint density at radius 1 is 1.69 bits per heavy atom. The summed E-state index contributed by atoms with van der Waals surface area (Å²) in [6.45, 7) is 2.49. The van der Waals surface area contributed by atoms with E-state index in [1.807, 2.05) is 6.92 Å². The fourth-order valence-corrected chi connectivity index (χ4v) is 1.59. The van der Waals surface area contributed by atoms with E-state index < -0.39 is 5.91 Å². The van der Waals surface area contributed by atoms with Crippen LogP contribution in [-0.4, -0.2) is 22.2 Å². The Hall–Kier alpha value is -1.37. The van der Waals surface area contributed by atoms with Crippen molar-refractivity contribution in [2.75, 3.05) is 11.9 Å². The van der Waals surface area contributed by atoms with Crippen LogP contribution in [0.1, 0.15) is 13.3 Å². The van der Waals surface area contributed by atoms with Gasteiger partial charge in [0.15, 0.2) is 0 Å². The normalized spacial score (nSPS) is 10.1. The van der Waals surface area contributed by atoms with Crippen LogP contribution in [0.5, 0.6) is 0 Å². The molecule has 0 spiro atoms. The first-order chi connectivity index (χ1) is 7.56. The van der Waals surface area contributed by atoms with Crippen LogP contribution in [-0.2, 0) is 11.3 Å². The van der Waals surface area contributed by atoms with Crippen LogP contribution in [0.3, 0.4) is 0 Å². The van der Waals surface area contributed by atoms with Crippen molar-refractivity contribution in [2.24, 2.45) is 5.73 Å². The Labute approximate surface area is 101 Å². The number of aryl methyl sites for hydroxylation is 1. The van der Waals surface area contributed by atoms with Crippen LogP contribution in [0, 0.1) is 0 Å². The van der Waals surface area contributed by atoms with Crippen LogP contribution in [0.4, 0.5) is 5.69 Å². The van der Waals surface area contributed by atoms with Gasteiger partial charge in [-0.05, 0) is 22.4 Å². The van der Waals surface area contributed by atoms with Gasteiger partial charge in [0.2, 0.25) is 5.91 Å². The number of rotatable bonds is 5. The number of nitrogens with two attached hydrogens (primary N) is 1. The first kappa shape index (κ1) is 12.7. The van der Waals surface area contributed by atoms with Gasteiger partial charge in [0, 0.05) is 6.54 Å². The van der Waals surface area contributed by atoms with Crippen LogP contribution >= 0.6 is 15.9 Å². The van der Waals surface area contributed by atoms with Gasteiger partial charge in [-0.2, -0.15) is 5.10 Å². The van der Waals surface area contributed by atoms with Crippen molar-refractivity contribution in [3.63, 3.8) is 0 Å². The molecule has 0 aliphatic carbocycles. The molecule has 0 unspecified atom stereocenters. The lowest BCUT2D eigenvalue weighted by Crippen LogP contribution is -2.27. The monoisotopic (exact) mass is 288 g/mol. The highest BCUT2D eigenvalue weighted by Gasteiger charge is 2.08. The molecule has 0 saturated carbocycles. The topological polar surface area (TPSA) is 90.0 Å². The molecule has 0 fully saturated rings. The minimum absolute atomic E-state index is 0.0302. The Morgan fingerprint density at radius 3 is 2.94 bits per heavy atom. The summed E-state index contributed by atoms with van der Waals surface area (Å²) in [5.41, 5.74) is 5.23. The number of hydrogen-bond acceptors (Lipinski definition) is 4. The number of amides is 1. The van der Waals surface area contributed by atoms with Gasteiger partial charge in [-0.25, -0.2) is 4.68 Å². The number of carbonyl (C=O) groups is 1. The highest BCUT2D eigenvalue weighted by atomic mass is 79.9. The van der Waals surface area contributed by atoms with E-state index in [0.717, 1.165) is 6.42 Å². The van der Waals surface area contributed by atoms with Gasteiger partial charge in [0.1, 0.15) is 4.47 Å². The number of nitrogens with one attached hydrogen (secondary N) is 1. The summed E-state index contributed by atoms with van der Waals surface area (Å²) < 4.78 is 1.72. The Bertz CT molecular complexity index is 444. The van der Waals surface area contributed by atoms with Crippen molar-refractivity contribution in [3.05, 3.63) is 21.0 Å². The first-order valence-corrected chi connectivity index (χ1v) is 5.63. The molecule has 16 heavy (non-hydrogen) atoms. The van der Waals surface area contributed by atoms with E-state index in [1.165, 1.54) is 10.9 Å². The Balaban J connectivity index is 2.93. The third-order valence-corrected chi connectivity index (χ3v) is 2.64. The van der Waals surface area contributed by atoms with E-state index in [9.17, 15) is 9.59 Å². The zero-order valence-corrected chi connectivity index (χ0v) is 10.5. The SMILES string of the molecule is CCCn1ncc(NCC(N)=O)c(Br)c1=O. The molecule has 0 atom stereocenters. The predicted octanol–water partition coefficient (Wildman–Crippen LogP) is 0.313. The fourth-order valence-electron chi connectivity index (χ4n) is 1.14. The molecule has 88 valence electrons. The second kappa shape index (κ2) is 5.64. The van der Waals surface area contributed by atoms with Gasteiger partial charge < -0.3 is 11.1 Å². The molecule has 0 aromatic carbocycles. The van der Waals surface area contributed by atoms with E-state index in [1.54, 1.807) is 0 Å². The van der Waals surface area contributed by atoms with E-state index in [0.29, 0.717) is 16.7 Å². The van der Waals surface area contributed by atoms with E-state index in [-0.39, 0.29) is 12.1 Å². The molecule has 1 aromatic heterocycles. The summed E-state index contributed by atoms with van der Waals surface area (Å²) in [6, 6.07) is 0. The van der Waals surface area contributed by atoms with Gasteiger partial charge in [-0.15, -0.1) is 0 Å². The van der Waals surface area contributed by atoms with E-state index in [4.69, 9.17) is 5.73 Å². The molecular formula is C9H13BrN4O2. The van der Waals surface area contributed by atoms with Crippen molar-refractivity contribution >= 4 is 27.5 Å².